The lowest BCUT2D eigenvalue weighted by Gasteiger charge is -2.36. The first-order valence-corrected chi connectivity index (χ1v) is 25.3. The number of Topliss-reactive ketones (excluding diaryl/α,β-unsaturated/α-hetero) is 1. The summed E-state index contributed by atoms with van der Waals surface area (Å²) >= 11 is 0. The van der Waals surface area contributed by atoms with Gasteiger partial charge in [-0.15, -0.1) is 0 Å². The maximum absolute atomic E-state index is 13.6. The Hall–Kier alpha value is -3.12. The molecule has 2 rings (SSSR count). The monoisotopic (exact) mass is 955 g/mol. The molecule has 12 atom stereocenters. The van der Waals surface area contributed by atoms with Crippen LogP contribution in [0.1, 0.15) is 136 Å². The third kappa shape index (κ3) is 24.2. The molecule has 1 heterocycles. The Morgan fingerprint density at radius 1 is 0.788 bits per heavy atom. The molecule has 1 aliphatic carbocycles. The third-order valence-electron chi connectivity index (χ3n) is 11.4. The Labute approximate surface area is 391 Å². The number of aliphatic hydroxyl groups is 7. The average Bonchev–Trinajstić information content (AvgIpc) is 3.28. The fourth-order valence-corrected chi connectivity index (χ4v) is 8.37. The summed E-state index contributed by atoms with van der Waals surface area (Å²) in [5.41, 5.74) is 0. The van der Waals surface area contributed by atoms with E-state index in [9.17, 15) is 59.6 Å². The maximum Gasteiger partial charge on any atom is 0.472 e. The summed E-state index contributed by atoms with van der Waals surface area (Å²) in [7, 11) is -5.48. The van der Waals surface area contributed by atoms with Gasteiger partial charge in [0.15, 0.2) is 6.10 Å². The zero-order chi connectivity index (χ0) is 48.7. The molecule has 0 radical (unpaired) electrons. The van der Waals surface area contributed by atoms with E-state index in [1.165, 1.54) is 37.5 Å². The van der Waals surface area contributed by atoms with Gasteiger partial charge in [-0.05, 0) is 70.6 Å². The van der Waals surface area contributed by atoms with Crippen molar-refractivity contribution in [3.63, 3.8) is 0 Å². The van der Waals surface area contributed by atoms with Gasteiger partial charge in [0.25, 0.3) is 0 Å². The highest BCUT2D eigenvalue weighted by Crippen LogP contribution is 2.47. The minimum Gasteiger partial charge on any atom is -0.462 e. The fourth-order valence-electron chi connectivity index (χ4n) is 7.39. The largest absolute Gasteiger partial charge is 0.472 e. The molecule has 0 aromatic rings. The molecule has 17 heteroatoms. The number of fused-ring (bicyclic) bond motifs is 4. The molecule has 1 saturated carbocycles. The molecule has 1 aliphatic heterocycles. The molecule has 0 saturated heterocycles. The summed E-state index contributed by atoms with van der Waals surface area (Å²) in [6, 6.07) is 0. The number of hydrogen-bond donors (Lipinski definition) is 8. The van der Waals surface area contributed by atoms with Gasteiger partial charge in [-0.3, -0.25) is 23.4 Å². The van der Waals surface area contributed by atoms with Crippen LogP contribution in [0.25, 0.3) is 0 Å². The number of allylic oxidation sites excluding steroid dienone is 10. The van der Waals surface area contributed by atoms with Crippen LogP contribution in [-0.4, -0.2) is 127 Å². The molecular weight excluding hydrogens is 875 g/mol. The number of phosphoric acid groups is 1. The number of unbranched alkanes of at least 4 members (excludes halogenated alkanes) is 6. The first-order chi connectivity index (χ1) is 31.6. The molecule has 16 nitrogen and oxygen atoms in total. The quantitative estimate of drug-likeness (QED) is 0.0280. The minimum atomic E-state index is -5.48. The summed E-state index contributed by atoms with van der Waals surface area (Å²) in [6.07, 6.45) is 14.8. The summed E-state index contributed by atoms with van der Waals surface area (Å²) < 4.78 is 34.6. The van der Waals surface area contributed by atoms with E-state index in [0.29, 0.717) is 32.1 Å². The van der Waals surface area contributed by atoms with Crippen molar-refractivity contribution in [2.24, 2.45) is 11.8 Å². The first kappa shape index (κ1) is 59.0. The summed E-state index contributed by atoms with van der Waals surface area (Å²) in [6.45, 7) is 2.71. The third-order valence-corrected chi connectivity index (χ3v) is 12.4. The molecule has 0 aromatic heterocycles. The van der Waals surface area contributed by atoms with Crippen LogP contribution in [0.4, 0.5) is 0 Å². The SMILES string of the molecule is CCCCC/C=C\C/C=C\C/C=C\C/C=C\CCCC(=O)O[C@@H]1COC(=O)CCCC=CC[C@H]2C(=O)C[C@@H](O)[C@H](/C=C/[C@@H](O)CCCCC)[C@@H](O)[C@@H](O)[C@@H](OP(=O)(O)OC1)[C@H](O)[C@@H](O)[C@@H]2O. The molecule has 2 bridgehead atoms. The van der Waals surface area contributed by atoms with Crippen LogP contribution in [0, 0.1) is 11.8 Å². The zero-order valence-corrected chi connectivity index (χ0v) is 39.8. The molecule has 0 amide bonds. The van der Waals surface area contributed by atoms with Crippen molar-refractivity contribution >= 4 is 25.5 Å². The Morgan fingerprint density at radius 3 is 2.05 bits per heavy atom. The van der Waals surface area contributed by atoms with E-state index in [0.717, 1.165) is 38.5 Å². The van der Waals surface area contributed by atoms with Crippen molar-refractivity contribution in [1.29, 1.82) is 0 Å². The van der Waals surface area contributed by atoms with Crippen LogP contribution in [0.5, 0.6) is 0 Å². The van der Waals surface area contributed by atoms with Crippen molar-refractivity contribution in [2.45, 2.75) is 191 Å². The minimum absolute atomic E-state index is 0.0542. The maximum atomic E-state index is 13.6. The number of cyclic esters (lactones) is 1. The highest BCUT2D eigenvalue weighted by atomic mass is 31.2. The van der Waals surface area contributed by atoms with E-state index in [4.69, 9.17) is 18.5 Å². The van der Waals surface area contributed by atoms with E-state index in [1.807, 2.05) is 25.2 Å². The van der Waals surface area contributed by atoms with Gasteiger partial charge < -0.3 is 50.1 Å². The molecule has 1 unspecified atom stereocenters. The number of ether oxygens (including phenoxy) is 2. The Morgan fingerprint density at radius 2 is 1.39 bits per heavy atom. The van der Waals surface area contributed by atoms with E-state index in [2.05, 4.69) is 37.3 Å². The smallest absolute Gasteiger partial charge is 0.462 e. The number of esters is 2. The van der Waals surface area contributed by atoms with Gasteiger partial charge >= 0.3 is 19.8 Å². The van der Waals surface area contributed by atoms with Crippen LogP contribution >= 0.6 is 7.82 Å². The molecular formula is C49H79O16P. The van der Waals surface area contributed by atoms with Gasteiger partial charge in [0.1, 0.15) is 36.8 Å². The molecule has 1 fully saturated rings. The number of ketones is 1. The molecule has 2 aliphatic rings. The lowest BCUT2D eigenvalue weighted by molar-refractivity contribution is -0.166. The number of carbonyl (C=O) groups is 3. The van der Waals surface area contributed by atoms with E-state index >= 15 is 0 Å². The van der Waals surface area contributed by atoms with Crippen molar-refractivity contribution < 1.29 is 78.1 Å². The van der Waals surface area contributed by atoms with Crippen LogP contribution in [-0.2, 0) is 37.5 Å². The second-order valence-corrected chi connectivity index (χ2v) is 18.4. The number of aliphatic hydroxyl groups excluding tert-OH is 7. The number of phosphoric ester groups is 1. The topological polar surface area (TPSA) is 267 Å². The molecule has 0 aromatic carbocycles. The van der Waals surface area contributed by atoms with Crippen molar-refractivity contribution in [2.75, 3.05) is 13.2 Å². The lowest BCUT2D eigenvalue weighted by atomic mass is 9.84. The van der Waals surface area contributed by atoms with Crippen molar-refractivity contribution in [1.82, 2.24) is 0 Å². The van der Waals surface area contributed by atoms with Gasteiger partial charge in [-0.25, -0.2) is 4.57 Å². The summed E-state index contributed by atoms with van der Waals surface area (Å²) in [4.78, 5) is 50.0. The second-order valence-electron chi connectivity index (χ2n) is 17.0. The van der Waals surface area contributed by atoms with E-state index in [-0.39, 0.29) is 25.7 Å². The van der Waals surface area contributed by atoms with Crippen LogP contribution in [0.3, 0.4) is 0 Å². The normalized spacial score (nSPS) is 31.1. The summed E-state index contributed by atoms with van der Waals surface area (Å²) in [5.74, 6) is -5.18. The number of hydrogen-bond acceptors (Lipinski definition) is 15. The average molecular weight is 955 g/mol. The van der Waals surface area contributed by atoms with Gasteiger partial charge in [0.05, 0.1) is 31.0 Å². The van der Waals surface area contributed by atoms with Gasteiger partial charge in [0.2, 0.25) is 0 Å². The fraction of sp³-hybridized carbons (Fsp3) is 0.694. The predicted octanol–water partition coefficient (Wildman–Crippen LogP) is 6.09. The summed E-state index contributed by atoms with van der Waals surface area (Å²) in [5, 5.41) is 78.5. The Kier molecular flexibility index (Phi) is 30.6. The highest BCUT2D eigenvalue weighted by molar-refractivity contribution is 7.47. The zero-order valence-electron chi connectivity index (χ0n) is 38.9. The molecule has 376 valence electrons. The van der Waals surface area contributed by atoms with Crippen LogP contribution < -0.4 is 0 Å². The predicted molar refractivity (Wildman–Crippen MR) is 249 cm³/mol. The van der Waals surface area contributed by atoms with Crippen LogP contribution in [0.15, 0.2) is 72.9 Å². The van der Waals surface area contributed by atoms with Crippen molar-refractivity contribution in [3.8, 4) is 0 Å². The molecule has 0 spiro atoms. The number of carbonyl (C=O) groups excluding carboxylic acids is 3. The second kappa shape index (κ2) is 34.2. The number of rotatable bonds is 21. The van der Waals surface area contributed by atoms with Gasteiger partial charge in [-0.1, -0.05) is 119 Å². The first-order valence-electron chi connectivity index (χ1n) is 23.8. The van der Waals surface area contributed by atoms with Crippen LogP contribution in [0.2, 0.25) is 0 Å². The van der Waals surface area contributed by atoms with E-state index in [1.54, 1.807) is 6.08 Å². The highest BCUT2D eigenvalue weighted by Gasteiger charge is 2.49. The Bertz CT molecular complexity index is 1610. The lowest BCUT2D eigenvalue weighted by Crippen LogP contribution is -2.55. The molecule has 8 N–H and O–H groups in total. The Balaban J connectivity index is 2.21. The molecule has 66 heavy (non-hydrogen) atoms. The standard InChI is InChI=1S/C49H79O16P/c1-3-5-7-8-9-10-11-12-13-14-15-16-17-18-19-20-26-30-43(54)64-37-34-62-42(53)29-25-22-21-24-28-38-40(51)33-41(52)39(32-31-36(50)27-23-6-4-2)45(56)47(58)49(48(59)46(57)44(38)55)65-66(60,61)63-35-37/h9-10,12-13,15-16,18-19,21,24,31-32,36-39,41,44-50,52,55-59H,3-8,11,14,17,20,22-23,25-30,33-35H2,1-2H3,(H,60,61)/b10-9-,13-12-,16-15-,19-18-,24-21?,32-31+/t36-,37+,38-,39-,41+,44+,45+,46-,47+,48+,49+/m0/s1. The van der Waals surface area contributed by atoms with E-state index < -0.39 is 112 Å². The van der Waals surface area contributed by atoms with Crippen molar-refractivity contribution in [3.05, 3.63) is 72.9 Å². The van der Waals surface area contributed by atoms with Gasteiger partial charge in [0, 0.05) is 31.1 Å². The van der Waals surface area contributed by atoms with Gasteiger partial charge in [-0.2, -0.15) is 0 Å².